The SMILES string of the molecule is O=C(NCc1ccncc1)c1cnc2ccccn2c1=O. The molecule has 0 aliphatic carbocycles. The molecule has 1 N–H and O–H groups in total. The van der Waals surface area contributed by atoms with Gasteiger partial charge in [-0.05, 0) is 29.8 Å². The molecule has 0 aliphatic rings. The first-order valence-corrected chi connectivity index (χ1v) is 6.39. The fraction of sp³-hybridized carbons (Fsp3) is 0.0667. The van der Waals surface area contributed by atoms with Crippen molar-refractivity contribution < 1.29 is 4.79 Å². The Bertz CT molecular complexity index is 843. The Hall–Kier alpha value is -3.02. The van der Waals surface area contributed by atoms with E-state index in [4.69, 9.17) is 0 Å². The summed E-state index contributed by atoms with van der Waals surface area (Å²) in [7, 11) is 0. The van der Waals surface area contributed by atoms with Crippen molar-refractivity contribution in [1.29, 1.82) is 0 Å². The summed E-state index contributed by atoms with van der Waals surface area (Å²) in [6, 6.07) is 8.80. The van der Waals surface area contributed by atoms with Crippen LogP contribution >= 0.6 is 0 Å². The van der Waals surface area contributed by atoms with Crippen LogP contribution in [0.2, 0.25) is 0 Å². The van der Waals surface area contributed by atoms with Crippen LogP contribution in [-0.4, -0.2) is 20.3 Å². The number of fused-ring (bicyclic) bond motifs is 1. The fourth-order valence-electron chi connectivity index (χ4n) is 1.96. The first kappa shape index (κ1) is 13.0. The van der Waals surface area contributed by atoms with E-state index in [1.807, 2.05) is 0 Å². The molecule has 6 heteroatoms. The highest BCUT2D eigenvalue weighted by Gasteiger charge is 2.12. The van der Waals surface area contributed by atoms with Gasteiger partial charge in [-0.25, -0.2) is 4.98 Å². The average molecular weight is 280 g/mol. The highest BCUT2D eigenvalue weighted by Crippen LogP contribution is 1.99. The molecule has 104 valence electrons. The number of nitrogens with one attached hydrogen (secondary N) is 1. The van der Waals surface area contributed by atoms with Crippen LogP contribution in [0, 0.1) is 0 Å². The van der Waals surface area contributed by atoms with Gasteiger partial charge in [0.25, 0.3) is 11.5 Å². The highest BCUT2D eigenvalue weighted by atomic mass is 16.2. The maximum absolute atomic E-state index is 12.2. The van der Waals surface area contributed by atoms with Gasteiger partial charge in [-0.2, -0.15) is 0 Å². The summed E-state index contributed by atoms with van der Waals surface area (Å²) in [5.41, 5.74) is 1.06. The van der Waals surface area contributed by atoms with E-state index in [-0.39, 0.29) is 11.1 Å². The van der Waals surface area contributed by atoms with Gasteiger partial charge in [-0.3, -0.25) is 19.0 Å². The van der Waals surface area contributed by atoms with E-state index in [1.54, 1.807) is 48.9 Å². The van der Waals surface area contributed by atoms with Gasteiger partial charge < -0.3 is 5.32 Å². The van der Waals surface area contributed by atoms with Crippen LogP contribution in [0.15, 0.2) is 59.9 Å². The second-order valence-corrected chi connectivity index (χ2v) is 4.44. The van der Waals surface area contributed by atoms with Gasteiger partial charge in [0, 0.05) is 31.3 Å². The molecule has 0 atom stereocenters. The van der Waals surface area contributed by atoms with E-state index in [9.17, 15) is 9.59 Å². The largest absolute Gasteiger partial charge is 0.348 e. The Morgan fingerprint density at radius 3 is 2.81 bits per heavy atom. The van der Waals surface area contributed by atoms with Crippen LogP contribution in [0.1, 0.15) is 15.9 Å². The van der Waals surface area contributed by atoms with Crippen molar-refractivity contribution in [2.24, 2.45) is 0 Å². The maximum atomic E-state index is 12.2. The van der Waals surface area contributed by atoms with E-state index in [0.29, 0.717) is 12.2 Å². The molecule has 0 aromatic carbocycles. The van der Waals surface area contributed by atoms with Crippen LogP contribution in [0.3, 0.4) is 0 Å². The lowest BCUT2D eigenvalue weighted by molar-refractivity contribution is 0.0949. The number of nitrogens with zero attached hydrogens (tertiary/aromatic N) is 3. The quantitative estimate of drug-likeness (QED) is 0.777. The first-order valence-electron chi connectivity index (χ1n) is 6.39. The molecule has 0 spiro atoms. The number of aromatic nitrogens is 3. The zero-order valence-corrected chi connectivity index (χ0v) is 11.1. The van der Waals surface area contributed by atoms with Crippen LogP contribution in [-0.2, 0) is 6.54 Å². The van der Waals surface area contributed by atoms with Gasteiger partial charge in [0.15, 0.2) is 0 Å². The number of amides is 1. The lowest BCUT2D eigenvalue weighted by Gasteiger charge is -2.06. The minimum absolute atomic E-state index is 0.0211. The number of rotatable bonds is 3. The van der Waals surface area contributed by atoms with E-state index in [0.717, 1.165) is 5.56 Å². The molecule has 3 aromatic heterocycles. The van der Waals surface area contributed by atoms with Crippen molar-refractivity contribution in [3.8, 4) is 0 Å². The molecule has 3 rings (SSSR count). The van der Waals surface area contributed by atoms with Gasteiger partial charge in [0.05, 0.1) is 0 Å². The summed E-state index contributed by atoms with van der Waals surface area (Å²) in [5, 5.41) is 2.70. The molecule has 0 aliphatic heterocycles. The molecule has 3 heterocycles. The summed E-state index contributed by atoms with van der Waals surface area (Å²) in [6.07, 6.45) is 6.19. The number of hydrogen-bond acceptors (Lipinski definition) is 4. The molecule has 0 saturated heterocycles. The number of carbonyl (C=O) groups is 1. The van der Waals surface area contributed by atoms with Gasteiger partial charge in [-0.1, -0.05) is 6.07 Å². The zero-order valence-electron chi connectivity index (χ0n) is 11.1. The Kier molecular flexibility index (Phi) is 3.42. The minimum Gasteiger partial charge on any atom is -0.348 e. The normalized spacial score (nSPS) is 10.5. The fourth-order valence-corrected chi connectivity index (χ4v) is 1.96. The van der Waals surface area contributed by atoms with E-state index >= 15 is 0 Å². The van der Waals surface area contributed by atoms with Crippen LogP contribution in [0.25, 0.3) is 5.65 Å². The summed E-state index contributed by atoms with van der Waals surface area (Å²) in [6.45, 7) is 0.332. The van der Waals surface area contributed by atoms with E-state index in [2.05, 4.69) is 15.3 Å². The summed E-state index contributed by atoms with van der Waals surface area (Å²) in [5.74, 6) is -0.442. The molecule has 0 unspecified atom stereocenters. The third-order valence-corrected chi connectivity index (χ3v) is 3.06. The van der Waals surface area contributed by atoms with Crippen molar-refractivity contribution in [3.05, 3.63) is 76.6 Å². The monoisotopic (exact) mass is 280 g/mol. The van der Waals surface area contributed by atoms with Gasteiger partial charge in [0.1, 0.15) is 11.2 Å². The maximum Gasteiger partial charge on any atom is 0.270 e. The third kappa shape index (κ3) is 2.64. The highest BCUT2D eigenvalue weighted by molar-refractivity contribution is 5.93. The molecule has 1 amide bonds. The Morgan fingerprint density at radius 1 is 1.19 bits per heavy atom. The molecule has 0 bridgehead atoms. The summed E-state index contributed by atoms with van der Waals surface area (Å²) in [4.78, 5) is 32.3. The molecule has 0 radical (unpaired) electrons. The zero-order chi connectivity index (χ0) is 14.7. The molecular weight excluding hydrogens is 268 g/mol. The van der Waals surface area contributed by atoms with E-state index < -0.39 is 5.91 Å². The Morgan fingerprint density at radius 2 is 2.00 bits per heavy atom. The molecule has 3 aromatic rings. The van der Waals surface area contributed by atoms with Gasteiger partial charge in [0.2, 0.25) is 0 Å². The van der Waals surface area contributed by atoms with Gasteiger partial charge >= 0.3 is 0 Å². The second kappa shape index (κ2) is 5.54. The predicted octanol–water partition coefficient (Wildman–Crippen LogP) is 1.02. The molecule has 0 saturated carbocycles. The molecule has 21 heavy (non-hydrogen) atoms. The Balaban J connectivity index is 1.85. The number of pyridine rings is 2. The summed E-state index contributed by atoms with van der Waals surface area (Å²) < 4.78 is 1.35. The average Bonchev–Trinajstić information content (AvgIpc) is 2.54. The van der Waals surface area contributed by atoms with Crippen molar-refractivity contribution in [2.75, 3.05) is 0 Å². The van der Waals surface area contributed by atoms with Crippen molar-refractivity contribution in [1.82, 2.24) is 19.7 Å². The lowest BCUT2D eigenvalue weighted by Crippen LogP contribution is -2.31. The van der Waals surface area contributed by atoms with Crippen LogP contribution in [0.4, 0.5) is 0 Å². The van der Waals surface area contributed by atoms with Crippen molar-refractivity contribution in [2.45, 2.75) is 6.54 Å². The number of carbonyl (C=O) groups excluding carboxylic acids is 1. The standard InChI is InChI=1S/C15H12N4O2/c20-14(18-9-11-4-6-16-7-5-11)12-10-17-13-3-1-2-8-19(13)15(12)21/h1-8,10H,9H2,(H,18,20). The predicted molar refractivity (Wildman–Crippen MR) is 76.9 cm³/mol. The summed E-state index contributed by atoms with van der Waals surface area (Å²) >= 11 is 0. The van der Waals surface area contributed by atoms with Gasteiger partial charge in [-0.15, -0.1) is 0 Å². The van der Waals surface area contributed by atoms with E-state index in [1.165, 1.54) is 10.6 Å². The second-order valence-electron chi connectivity index (χ2n) is 4.44. The van der Waals surface area contributed by atoms with Crippen molar-refractivity contribution >= 4 is 11.6 Å². The molecule has 6 nitrogen and oxygen atoms in total. The third-order valence-electron chi connectivity index (χ3n) is 3.06. The Labute approximate surface area is 120 Å². The smallest absolute Gasteiger partial charge is 0.270 e. The molecule has 0 fully saturated rings. The first-order chi connectivity index (χ1) is 10.3. The molecular formula is C15H12N4O2. The minimum atomic E-state index is -0.442. The topological polar surface area (TPSA) is 76.4 Å². The lowest BCUT2D eigenvalue weighted by atomic mass is 10.2. The van der Waals surface area contributed by atoms with Crippen molar-refractivity contribution in [3.63, 3.8) is 0 Å². The number of hydrogen-bond donors (Lipinski definition) is 1. The van der Waals surface area contributed by atoms with Crippen LogP contribution < -0.4 is 10.9 Å². The van der Waals surface area contributed by atoms with Crippen LogP contribution in [0.5, 0.6) is 0 Å².